The molecular formula is C77H140O6. The van der Waals surface area contributed by atoms with Gasteiger partial charge in [0.05, 0.1) is 0 Å². The maximum Gasteiger partial charge on any atom is 0.306 e. The Balaban J connectivity index is 4.17. The topological polar surface area (TPSA) is 78.9 Å². The first-order chi connectivity index (χ1) is 41.0. The Hall–Kier alpha value is -2.89. The normalized spacial score (nSPS) is 12.4. The molecule has 83 heavy (non-hydrogen) atoms. The largest absolute Gasteiger partial charge is 0.462 e. The molecule has 6 nitrogen and oxygen atoms in total. The summed E-state index contributed by atoms with van der Waals surface area (Å²) in [5.41, 5.74) is 0. The van der Waals surface area contributed by atoms with Crippen molar-refractivity contribution < 1.29 is 28.6 Å². The van der Waals surface area contributed by atoms with Gasteiger partial charge in [0.25, 0.3) is 0 Å². The molecule has 0 spiro atoms. The van der Waals surface area contributed by atoms with Crippen molar-refractivity contribution in [3.8, 4) is 0 Å². The standard InChI is InChI=1S/C77H140O6/c1-4-7-10-13-16-19-22-25-27-29-31-33-34-35-36-37-38-39-40-41-42-44-45-47-49-52-55-58-61-64-67-70-76(79)82-73-74(72-81-75(78)69-66-63-60-57-54-51-24-21-18-15-12-9-6-3)83-77(80)71-68-65-62-59-56-53-50-48-46-43-32-30-28-26-23-20-17-14-11-8-5-2/h7,10,16,19,21,24-25,27,31,33,74H,4-6,8-9,11-15,17-18,20,22-23,26,28-30,32,34-73H2,1-3H3/b10-7-,19-16-,24-21-,27-25-,33-31-. The molecule has 0 bridgehead atoms. The highest BCUT2D eigenvalue weighted by atomic mass is 16.6. The fourth-order valence-electron chi connectivity index (χ4n) is 11.0. The van der Waals surface area contributed by atoms with Crippen LogP contribution in [0.4, 0.5) is 0 Å². The van der Waals surface area contributed by atoms with Crippen LogP contribution in [-0.2, 0) is 28.6 Å². The lowest BCUT2D eigenvalue weighted by molar-refractivity contribution is -0.167. The van der Waals surface area contributed by atoms with Gasteiger partial charge in [-0.25, -0.2) is 0 Å². The fraction of sp³-hybridized carbons (Fsp3) is 0.831. The van der Waals surface area contributed by atoms with Crippen LogP contribution in [0.1, 0.15) is 393 Å². The van der Waals surface area contributed by atoms with E-state index in [1.54, 1.807) is 0 Å². The van der Waals surface area contributed by atoms with Crippen LogP contribution in [0.25, 0.3) is 0 Å². The molecule has 0 amide bonds. The molecular weight excluding hydrogens is 1020 g/mol. The number of ether oxygens (including phenoxy) is 3. The maximum atomic E-state index is 13.0. The van der Waals surface area contributed by atoms with Gasteiger partial charge in [-0.15, -0.1) is 0 Å². The number of unbranched alkanes of at least 4 members (excludes halogenated alkanes) is 47. The van der Waals surface area contributed by atoms with E-state index in [9.17, 15) is 14.4 Å². The number of carbonyl (C=O) groups excluding carboxylic acids is 3. The third kappa shape index (κ3) is 69.8. The minimum atomic E-state index is -0.775. The van der Waals surface area contributed by atoms with Gasteiger partial charge in [0, 0.05) is 19.3 Å². The first-order valence-corrected chi connectivity index (χ1v) is 36.8. The quantitative estimate of drug-likeness (QED) is 0.0261. The second-order valence-corrected chi connectivity index (χ2v) is 24.8. The average molecular weight is 1160 g/mol. The molecule has 0 aliphatic carbocycles. The Morgan fingerprint density at radius 3 is 0.759 bits per heavy atom. The van der Waals surface area contributed by atoms with Crippen LogP contribution in [0.15, 0.2) is 60.8 Å². The Morgan fingerprint density at radius 2 is 0.470 bits per heavy atom. The van der Waals surface area contributed by atoms with Gasteiger partial charge in [-0.05, 0) is 83.5 Å². The van der Waals surface area contributed by atoms with E-state index in [0.717, 1.165) is 89.9 Å². The summed E-state index contributed by atoms with van der Waals surface area (Å²) in [5.74, 6) is -0.851. The van der Waals surface area contributed by atoms with E-state index in [4.69, 9.17) is 14.2 Å². The summed E-state index contributed by atoms with van der Waals surface area (Å²) in [4.78, 5) is 38.5. The van der Waals surface area contributed by atoms with Crippen LogP contribution in [0, 0.1) is 0 Å². The van der Waals surface area contributed by atoms with E-state index in [0.29, 0.717) is 19.3 Å². The van der Waals surface area contributed by atoms with Gasteiger partial charge in [0.15, 0.2) is 6.10 Å². The highest BCUT2D eigenvalue weighted by molar-refractivity contribution is 5.71. The van der Waals surface area contributed by atoms with Gasteiger partial charge < -0.3 is 14.2 Å². The van der Waals surface area contributed by atoms with Crippen molar-refractivity contribution in [2.75, 3.05) is 13.2 Å². The maximum absolute atomic E-state index is 13.0. The summed E-state index contributed by atoms with van der Waals surface area (Å²) in [6.07, 6.45) is 92.7. The second-order valence-electron chi connectivity index (χ2n) is 24.8. The first-order valence-electron chi connectivity index (χ1n) is 36.8. The SMILES string of the molecule is CC/C=C\C/C=C\C/C=C\C/C=C\CCCCCCCCCCCCCCCCCCCCC(=O)OCC(COC(=O)CCCCCCC/C=C\CCCCCC)OC(=O)CCCCCCCCCCCCCCCCCCCCCCC. The van der Waals surface area contributed by atoms with E-state index in [-0.39, 0.29) is 31.1 Å². The van der Waals surface area contributed by atoms with E-state index in [2.05, 4.69) is 81.5 Å². The minimum absolute atomic E-state index is 0.0705. The number of hydrogen-bond acceptors (Lipinski definition) is 6. The Morgan fingerprint density at radius 1 is 0.253 bits per heavy atom. The molecule has 0 aliphatic heterocycles. The zero-order valence-corrected chi connectivity index (χ0v) is 55.7. The molecule has 0 heterocycles. The van der Waals surface area contributed by atoms with Crippen molar-refractivity contribution in [3.63, 3.8) is 0 Å². The van der Waals surface area contributed by atoms with Crippen LogP contribution < -0.4 is 0 Å². The van der Waals surface area contributed by atoms with E-state index >= 15 is 0 Å². The van der Waals surface area contributed by atoms with Crippen molar-refractivity contribution >= 4 is 17.9 Å². The monoisotopic (exact) mass is 1160 g/mol. The molecule has 0 aromatic heterocycles. The zero-order valence-electron chi connectivity index (χ0n) is 55.7. The van der Waals surface area contributed by atoms with Crippen LogP contribution in [0.3, 0.4) is 0 Å². The van der Waals surface area contributed by atoms with Crippen molar-refractivity contribution in [1.29, 1.82) is 0 Å². The van der Waals surface area contributed by atoms with Crippen molar-refractivity contribution in [2.24, 2.45) is 0 Å². The van der Waals surface area contributed by atoms with E-state index in [1.807, 2.05) is 0 Å². The smallest absolute Gasteiger partial charge is 0.306 e. The zero-order chi connectivity index (χ0) is 59.9. The summed E-state index contributed by atoms with van der Waals surface area (Å²) in [7, 11) is 0. The summed E-state index contributed by atoms with van der Waals surface area (Å²) in [6.45, 7) is 6.58. The molecule has 0 fully saturated rings. The molecule has 0 aliphatic rings. The number of hydrogen-bond donors (Lipinski definition) is 0. The molecule has 0 N–H and O–H groups in total. The summed E-state index contributed by atoms with van der Waals surface area (Å²) in [5, 5.41) is 0. The van der Waals surface area contributed by atoms with Crippen LogP contribution in [-0.4, -0.2) is 37.2 Å². The minimum Gasteiger partial charge on any atom is -0.462 e. The van der Waals surface area contributed by atoms with Gasteiger partial charge in [-0.3, -0.25) is 14.4 Å². The highest BCUT2D eigenvalue weighted by Gasteiger charge is 2.19. The predicted molar refractivity (Wildman–Crippen MR) is 362 cm³/mol. The lowest BCUT2D eigenvalue weighted by atomic mass is 10.0. The molecule has 484 valence electrons. The molecule has 1 unspecified atom stereocenters. The van der Waals surface area contributed by atoms with Gasteiger partial charge in [0.1, 0.15) is 13.2 Å². The van der Waals surface area contributed by atoms with Crippen LogP contribution >= 0.6 is 0 Å². The summed E-state index contributed by atoms with van der Waals surface area (Å²) < 4.78 is 17.0. The molecule has 0 saturated carbocycles. The average Bonchev–Trinajstić information content (AvgIpc) is 3.49. The van der Waals surface area contributed by atoms with Crippen LogP contribution in [0.5, 0.6) is 0 Å². The van der Waals surface area contributed by atoms with Gasteiger partial charge in [-0.2, -0.15) is 0 Å². The van der Waals surface area contributed by atoms with Crippen LogP contribution in [0.2, 0.25) is 0 Å². The lowest BCUT2D eigenvalue weighted by Gasteiger charge is -2.18. The molecule has 0 aromatic carbocycles. The van der Waals surface area contributed by atoms with E-state index in [1.165, 1.54) is 263 Å². The van der Waals surface area contributed by atoms with Crippen molar-refractivity contribution in [1.82, 2.24) is 0 Å². The van der Waals surface area contributed by atoms with Gasteiger partial charge in [0.2, 0.25) is 0 Å². The van der Waals surface area contributed by atoms with Gasteiger partial charge in [-0.1, -0.05) is 351 Å². The number of allylic oxidation sites excluding steroid dienone is 10. The van der Waals surface area contributed by atoms with Gasteiger partial charge >= 0.3 is 17.9 Å². The Labute approximate surface area is 517 Å². The molecule has 0 rings (SSSR count). The predicted octanol–water partition coefficient (Wildman–Crippen LogP) is 25.5. The lowest BCUT2D eigenvalue weighted by Crippen LogP contribution is -2.30. The summed E-state index contributed by atoms with van der Waals surface area (Å²) in [6, 6.07) is 0. The molecule has 0 radical (unpaired) electrons. The fourth-order valence-corrected chi connectivity index (χ4v) is 11.0. The third-order valence-corrected chi connectivity index (χ3v) is 16.5. The summed E-state index contributed by atoms with van der Waals surface area (Å²) >= 11 is 0. The van der Waals surface area contributed by atoms with E-state index < -0.39 is 6.10 Å². The number of rotatable bonds is 68. The third-order valence-electron chi connectivity index (χ3n) is 16.5. The molecule has 0 saturated heterocycles. The van der Waals surface area contributed by atoms with Crippen molar-refractivity contribution in [3.05, 3.63) is 60.8 Å². The molecule has 1 atom stereocenters. The first kappa shape index (κ1) is 80.1. The number of esters is 3. The number of carbonyl (C=O) groups is 3. The Kier molecular flexibility index (Phi) is 69.1. The second kappa shape index (κ2) is 71.6. The Bertz CT molecular complexity index is 1470. The van der Waals surface area contributed by atoms with Crippen molar-refractivity contribution in [2.45, 2.75) is 399 Å². The molecule has 6 heteroatoms. The molecule has 0 aromatic rings. The highest BCUT2D eigenvalue weighted by Crippen LogP contribution is 2.19.